The van der Waals surface area contributed by atoms with Gasteiger partial charge in [0.2, 0.25) is 0 Å². The maximum absolute atomic E-state index is 12.7. The molecule has 0 fully saturated rings. The lowest BCUT2D eigenvalue weighted by Gasteiger charge is -2.28. The van der Waals surface area contributed by atoms with Crippen LogP contribution in [0.25, 0.3) is 0 Å². The molecule has 4 nitrogen and oxygen atoms in total. The number of rotatable bonds is 3. The van der Waals surface area contributed by atoms with Crippen LogP contribution in [0.4, 0.5) is 8.78 Å². The molecule has 0 radical (unpaired) electrons. The largest absolute Gasteiger partial charge is 0.396 e. The van der Waals surface area contributed by atoms with E-state index < -0.39 is 27.4 Å². The van der Waals surface area contributed by atoms with E-state index in [1.54, 1.807) is 0 Å². The summed E-state index contributed by atoms with van der Waals surface area (Å²) >= 11 is 0. The van der Waals surface area contributed by atoms with Crippen LogP contribution >= 0.6 is 0 Å². The van der Waals surface area contributed by atoms with Crippen LogP contribution in [0, 0.1) is 5.41 Å². The van der Waals surface area contributed by atoms with Gasteiger partial charge in [0.25, 0.3) is 0 Å². The maximum atomic E-state index is 12.7. The molecule has 0 heterocycles. The topological polar surface area (TPSA) is 74.6 Å². The van der Waals surface area contributed by atoms with E-state index in [0.29, 0.717) is 0 Å². The zero-order valence-corrected chi connectivity index (χ0v) is 7.40. The van der Waals surface area contributed by atoms with Gasteiger partial charge in [0.1, 0.15) is 0 Å². The fourth-order valence-electron chi connectivity index (χ4n) is 0.441. The lowest BCUT2D eigenvalue weighted by molar-refractivity contribution is -0.0617. The molecule has 0 bridgehead atoms. The Morgan fingerprint density at radius 2 is 1.67 bits per heavy atom. The normalized spacial score (nSPS) is 14.8. The van der Waals surface area contributed by atoms with Crippen LogP contribution in [0.15, 0.2) is 0 Å². The molecule has 0 saturated heterocycles. The highest BCUT2D eigenvalue weighted by Crippen LogP contribution is 2.39. The minimum absolute atomic E-state index is 0.834. The summed E-state index contributed by atoms with van der Waals surface area (Å²) in [7, 11) is -5.47. The van der Waals surface area contributed by atoms with Gasteiger partial charge in [-0.3, -0.25) is 4.55 Å². The van der Waals surface area contributed by atoms with Gasteiger partial charge >= 0.3 is 15.4 Å². The van der Waals surface area contributed by atoms with E-state index in [9.17, 15) is 17.2 Å². The van der Waals surface area contributed by atoms with Crippen LogP contribution in [-0.2, 0) is 10.1 Å². The van der Waals surface area contributed by atoms with E-state index in [1.807, 2.05) is 0 Å². The van der Waals surface area contributed by atoms with Gasteiger partial charge in [-0.15, -0.1) is 0 Å². The van der Waals surface area contributed by atoms with E-state index in [0.717, 1.165) is 13.8 Å². The second-order valence-corrected chi connectivity index (χ2v) is 4.50. The van der Waals surface area contributed by atoms with Crippen molar-refractivity contribution in [2.45, 2.75) is 19.1 Å². The molecule has 0 aliphatic rings. The van der Waals surface area contributed by atoms with Gasteiger partial charge in [-0.1, -0.05) is 13.8 Å². The summed E-state index contributed by atoms with van der Waals surface area (Å²) in [5, 5.41) is 4.10. The van der Waals surface area contributed by atoms with E-state index in [-0.39, 0.29) is 0 Å². The molecular weight excluding hydrogens is 194 g/mol. The Morgan fingerprint density at radius 3 is 1.75 bits per heavy atom. The SMILES string of the molecule is CC(C)(CO)C(F)(F)S(=O)(=O)O. The van der Waals surface area contributed by atoms with Crippen LogP contribution in [0.3, 0.4) is 0 Å². The molecule has 0 aromatic carbocycles. The van der Waals surface area contributed by atoms with E-state index in [2.05, 4.69) is 0 Å². The van der Waals surface area contributed by atoms with Gasteiger partial charge in [0.05, 0.1) is 12.0 Å². The van der Waals surface area contributed by atoms with Gasteiger partial charge in [0.15, 0.2) is 0 Å². The molecule has 0 rings (SSSR count). The molecule has 12 heavy (non-hydrogen) atoms. The summed E-state index contributed by atoms with van der Waals surface area (Å²) in [6.07, 6.45) is 0. The van der Waals surface area contributed by atoms with Crippen molar-refractivity contribution in [2.24, 2.45) is 5.41 Å². The van der Waals surface area contributed by atoms with Crippen molar-refractivity contribution >= 4 is 10.1 Å². The highest BCUT2D eigenvalue weighted by Gasteiger charge is 2.56. The van der Waals surface area contributed by atoms with Gasteiger partial charge in [-0.05, 0) is 0 Å². The van der Waals surface area contributed by atoms with Gasteiger partial charge in [-0.2, -0.15) is 17.2 Å². The van der Waals surface area contributed by atoms with Crippen LogP contribution < -0.4 is 0 Å². The zero-order chi connectivity index (χ0) is 10.2. The van der Waals surface area contributed by atoms with E-state index in [1.165, 1.54) is 0 Å². The first-order valence-corrected chi connectivity index (χ1v) is 4.46. The lowest BCUT2D eigenvalue weighted by atomic mass is 9.95. The van der Waals surface area contributed by atoms with Crippen molar-refractivity contribution in [3.8, 4) is 0 Å². The summed E-state index contributed by atoms with van der Waals surface area (Å²) < 4.78 is 53.9. The third kappa shape index (κ3) is 1.73. The van der Waals surface area contributed by atoms with E-state index >= 15 is 0 Å². The summed E-state index contributed by atoms with van der Waals surface area (Å²) in [4.78, 5) is 0. The molecule has 74 valence electrons. The van der Waals surface area contributed by atoms with Crippen LogP contribution in [-0.4, -0.2) is 29.9 Å². The molecule has 0 aliphatic carbocycles. The molecule has 0 aliphatic heterocycles. The number of hydrogen-bond donors (Lipinski definition) is 2. The standard InChI is InChI=1S/C5H10F2O4S/c1-4(2,3-8)5(6,7)12(9,10)11/h8H,3H2,1-2H3,(H,9,10,11). The van der Waals surface area contributed by atoms with Crippen molar-refractivity contribution in [2.75, 3.05) is 6.61 Å². The quantitative estimate of drug-likeness (QED) is 0.656. The Hall–Kier alpha value is -0.270. The zero-order valence-electron chi connectivity index (χ0n) is 6.58. The second kappa shape index (κ2) is 2.90. The summed E-state index contributed by atoms with van der Waals surface area (Å²) in [6, 6.07) is 0. The minimum atomic E-state index is -5.47. The summed E-state index contributed by atoms with van der Waals surface area (Å²) in [5.41, 5.74) is -2.19. The first kappa shape index (κ1) is 11.7. The highest BCUT2D eigenvalue weighted by molar-refractivity contribution is 7.86. The third-order valence-electron chi connectivity index (χ3n) is 1.51. The molecule has 2 N–H and O–H groups in total. The Bertz CT molecular complexity index is 257. The van der Waals surface area contributed by atoms with Crippen molar-refractivity contribution in [3.63, 3.8) is 0 Å². The molecule has 7 heteroatoms. The number of alkyl halides is 2. The number of halogens is 2. The maximum Gasteiger partial charge on any atom is 0.377 e. The molecule has 0 aromatic heterocycles. The molecule has 0 unspecified atom stereocenters. The molecule has 0 saturated carbocycles. The minimum Gasteiger partial charge on any atom is -0.396 e. The lowest BCUT2D eigenvalue weighted by Crippen LogP contribution is -2.45. The van der Waals surface area contributed by atoms with Crippen molar-refractivity contribution < 1.29 is 26.9 Å². The third-order valence-corrected chi connectivity index (χ3v) is 2.71. The summed E-state index contributed by atoms with van der Waals surface area (Å²) in [5.74, 6) is 0. The number of aliphatic hydroxyl groups is 1. The Morgan fingerprint density at radius 1 is 1.33 bits per heavy atom. The predicted octanol–water partition coefficient (Wildman–Crippen LogP) is 0.486. The fourth-order valence-corrected chi connectivity index (χ4v) is 1.20. The average molecular weight is 204 g/mol. The first-order chi connectivity index (χ1) is 5.06. The van der Waals surface area contributed by atoms with Gasteiger partial charge in [0, 0.05) is 0 Å². The summed E-state index contributed by atoms with van der Waals surface area (Å²) in [6.45, 7) is 0.626. The predicted molar refractivity (Wildman–Crippen MR) is 37.4 cm³/mol. The van der Waals surface area contributed by atoms with Crippen LogP contribution in [0.5, 0.6) is 0 Å². The van der Waals surface area contributed by atoms with Crippen molar-refractivity contribution in [1.29, 1.82) is 0 Å². The van der Waals surface area contributed by atoms with Gasteiger partial charge < -0.3 is 5.11 Å². The monoisotopic (exact) mass is 204 g/mol. The highest BCUT2D eigenvalue weighted by atomic mass is 32.2. The van der Waals surface area contributed by atoms with Crippen LogP contribution in [0.2, 0.25) is 0 Å². The molecule has 0 aromatic rings. The Kier molecular flexibility index (Phi) is 2.83. The van der Waals surface area contributed by atoms with E-state index in [4.69, 9.17) is 9.66 Å². The molecular formula is C5H10F2O4S. The second-order valence-electron chi connectivity index (χ2n) is 3.03. The fraction of sp³-hybridized carbons (Fsp3) is 1.00. The molecule has 0 atom stereocenters. The van der Waals surface area contributed by atoms with Crippen molar-refractivity contribution in [1.82, 2.24) is 0 Å². The smallest absolute Gasteiger partial charge is 0.377 e. The molecule has 0 amide bonds. The first-order valence-electron chi connectivity index (χ1n) is 3.02. The van der Waals surface area contributed by atoms with Crippen molar-refractivity contribution in [3.05, 3.63) is 0 Å². The van der Waals surface area contributed by atoms with Gasteiger partial charge in [-0.25, -0.2) is 0 Å². The molecule has 0 spiro atoms. The Balaban J connectivity index is 5.13. The number of hydrogen-bond acceptors (Lipinski definition) is 3. The number of aliphatic hydroxyl groups excluding tert-OH is 1. The Labute approximate surface area is 69.0 Å². The average Bonchev–Trinajstić information content (AvgIpc) is 1.85. The van der Waals surface area contributed by atoms with Crippen LogP contribution in [0.1, 0.15) is 13.8 Å².